The van der Waals surface area contributed by atoms with Crippen LogP contribution >= 0.6 is 0 Å². The van der Waals surface area contributed by atoms with Gasteiger partial charge in [-0.25, -0.2) is 9.78 Å². The molecule has 1 aliphatic heterocycles. The van der Waals surface area contributed by atoms with Gasteiger partial charge in [0.25, 0.3) is 0 Å². The van der Waals surface area contributed by atoms with Crippen LogP contribution < -0.4 is 10.6 Å². The number of fused-ring (bicyclic) bond motifs is 1. The molecule has 3 rings (SSSR count). The van der Waals surface area contributed by atoms with Gasteiger partial charge >= 0.3 is 12.2 Å². The Morgan fingerprint density at radius 1 is 1.19 bits per heavy atom. The fraction of sp³-hybridized carbons (Fsp3) is 0.353. The number of urea groups is 1. The number of carbonyl (C=O) groups is 1. The lowest BCUT2D eigenvalue weighted by Gasteiger charge is -2.18. The topological polar surface area (TPSA) is 81.3 Å². The van der Waals surface area contributed by atoms with Crippen LogP contribution in [0, 0.1) is 0 Å². The van der Waals surface area contributed by atoms with Gasteiger partial charge < -0.3 is 10.5 Å². The minimum Gasteiger partial charge on any atom is -0.375 e. The van der Waals surface area contributed by atoms with Gasteiger partial charge in [0, 0.05) is 35.3 Å². The summed E-state index contributed by atoms with van der Waals surface area (Å²) in [6.07, 6.45) is -1.01. The maximum absolute atomic E-state index is 12.8. The Hall–Kier alpha value is -2.68. The minimum absolute atomic E-state index is 0.187. The first kappa shape index (κ1) is 19.6. The first-order valence-corrected chi connectivity index (χ1v) is 8.02. The summed E-state index contributed by atoms with van der Waals surface area (Å²) in [4.78, 5) is 20.6. The fourth-order valence-corrected chi connectivity index (χ4v) is 2.42. The van der Waals surface area contributed by atoms with Crippen molar-refractivity contribution in [2.45, 2.75) is 26.6 Å². The van der Waals surface area contributed by atoms with Crippen molar-refractivity contribution in [3.8, 4) is 11.1 Å². The van der Waals surface area contributed by atoms with Crippen molar-refractivity contribution >= 4 is 11.8 Å². The van der Waals surface area contributed by atoms with E-state index in [1.807, 2.05) is 13.8 Å². The van der Waals surface area contributed by atoms with Crippen molar-refractivity contribution in [3.63, 3.8) is 0 Å². The van der Waals surface area contributed by atoms with Gasteiger partial charge in [-0.15, -0.1) is 0 Å². The quantitative estimate of drug-likeness (QED) is 0.834. The molecule has 140 valence electrons. The number of amides is 2. The van der Waals surface area contributed by atoms with Gasteiger partial charge in [-0.1, -0.05) is 13.8 Å². The van der Waals surface area contributed by atoms with E-state index in [2.05, 4.69) is 9.97 Å². The number of nitrogens with zero attached hydrogens (tertiary/aromatic N) is 3. The third-order valence-electron chi connectivity index (χ3n) is 3.58. The van der Waals surface area contributed by atoms with Crippen LogP contribution in [0.2, 0.25) is 0 Å². The summed E-state index contributed by atoms with van der Waals surface area (Å²) in [5.74, 6) is 0.351. The smallest absolute Gasteiger partial charge is 0.375 e. The third kappa shape index (κ3) is 4.29. The number of rotatable bonds is 1. The lowest BCUT2D eigenvalue weighted by molar-refractivity contribution is -0.137. The molecule has 0 spiro atoms. The number of anilines is 1. The molecule has 26 heavy (non-hydrogen) atoms. The van der Waals surface area contributed by atoms with E-state index in [4.69, 9.17) is 10.5 Å². The lowest BCUT2D eigenvalue weighted by atomic mass is 10.1. The Balaban J connectivity index is 0.00000117. The standard InChI is InChI=1S/C15H13F3N4O2.C2H6/c16-15(17,18)12-4-10(5-20-7-12)9-3-11-8-24-2-1-22(14(19)23)13(11)21-6-9;1-2/h3-7H,1-2,8H2,(H2,19,23);1-2H3. The van der Waals surface area contributed by atoms with E-state index in [0.717, 1.165) is 12.3 Å². The number of primary amides is 1. The van der Waals surface area contributed by atoms with Crippen molar-refractivity contribution in [2.24, 2.45) is 5.73 Å². The maximum atomic E-state index is 12.8. The van der Waals surface area contributed by atoms with Crippen LogP contribution in [0.1, 0.15) is 25.0 Å². The number of aromatic nitrogens is 2. The molecule has 0 aromatic carbocycles. The van der Waals surface area contributed by atoms with Crippen LogP contribution in [-0.2, 0) is 17.5 Å². The Morgan fingerprint density at radius 3 is 2.54 bits per heavy atom. The Morgan fingerprint density at radius 2 is 1.88 bits per heavy atom. The van der Waals surface area contributed by atoms with Crippen molar-refractivity contribution in [1.29, 1.82) is 0 Å². The SMILES string of the molecule is CC.NC(=O)N1CCOCc2cc(-c3cncc(C(F)(F)F)c3)cnc21. The molecule has 0 atom stereocenters. The van der Waals surface area contributed by atoms with Crippen molar-refractivity contribution in [3.05, 3.63) is 41.9 Å². The van der Waals surface area contributed by atoms with Gasteiger partial charge in [0.2, 0.25) is 0 Å². The zero-order valence-corrected chi connectivity index (χ0v) is 14.4. The zero-order chi connectivity index (χ0) is 19.3. The van der Waals surface area contributed by atoms with E-state index < -0.39 is 17.8 Å². The molecule has 0 fully saturated rings. The highest BCUT2D eigenvalue weighted by molar-refractivity contribution is 5.90. The van der Waals surface area contributed by atoms with E-state index in [1.54, 1.807) is 6.07 Å². The molecule has 6 nitrogen and oxygen atoms in total. The van der Waals surface area contributed by atoms with E-state index >= 15 is 0 Å². The second kappa shape index (κ2) is 8.13. The second-order valence-electron chi connectivity index (χ2n) is 5.21. The fourth-order valence-electron chi connectivity index (χ4n) is 2.42. The van der Waals surface area contributed by atoms with Crippen LogP contribution in [-0.4, -0.2) is 29.2 Å². The van der Waals surface area contributed by atoms with Crippen LogP contribution in [0.15, 0.2) is 30.7 Å². The molecule has 2 aromatic rings. The number of carbonyl (C=O) groups excluding carboxylic acids is 1. The number of pyridine rings is 2. The number of halogens is 3. The number of nitrogens with two attached hydrogens (primary N) is 1. The molecule has 0 aliphatic carbocycles. The van der Waals surface area contributed by atoms with Crippen LogP contribution in [0.4, 0.5) is 23.8 Å². The second-order valence-corrected chi connectivity index (χ2v) is 5.21. The lowest BCUT2D eigenvalue weighted by Crippen LogP contribution is -2.38. The highest BCUT2D eigenvalue weighted by Gasteiger charge is 2.31. The van der Waals surface area contributed by atoms with E-state index in [1.165, 1.54) is 17.3 Å². The highest BCUT2D eigenvalue weighted by Crippen LogP contribution is 2.32. The maximum Gasteiger partial charge on any atom is 0.417 e. The van der Waals surface area contributed by atoms with Crippen LogP contribution in [0.3, 0.4) is 0 Å². The highest BCUT2D eigenvalue weighted by atomic mass is 19.4. The van der Waals surface area contributed by atoms with Gasteiger partial charge in [-0.3, -0.25) is 9.88 Å². The molecule has 2 aromatic heterocycles. The molecule has 1 aliphatic rings. The van der Waals surface area contributed by atoms with Crippen molar-refractivity contribution in [1.82, 2.24) is 9.97 Å². The van der Waals surface area contributed by atoms with Gasteiger partial charge in [0.15, 0.2) is 0 Å². The van der Waals surface area contributed by atoms with E-state index in [0.29, 0.717) is 23.6 Å². The number of hydrogen-bond acceptors (Lipinski definition) is 4. The summed E-state index contributed by atoms with van der Waals surface area (Å²) >= 11 is 0. The van der Waals surface area contributed by atoms with E-state index in [9.17, 15) is 18.0 Å². The molecule has 0 saturated heterocycles. The molecule has 0 unspecified atom stereocenters. The number of hydrogen-bond donors (Lipinski definition) is 1. The van der Waals surface area contributed by atoms with Crippen LogP contribution in [0.25, 0.3) is 11.1 Å². The zero-order valence-electron chi connectivity index (χ0n) is 14.4. The first-order chi connectivity index (χ1) is 12.4. The minimum atomic E-state index is -4.48. The summed E-state index contributed by atoms with van der Waals surface area (Å²) in [6.45, 7) is 4.74. The van der Waals surface area contributed by atoms with Crippen molar-refractivity contribution < 1.29 is 22.7 Å². The summed E-state index contributed by atoms with van der Waals surface area (Å²) in [6, 6.07) is 1.96. The summed E-state index contributed by atoms with van der Waals surface area (Å²) in [5, 5.41) is 0. The normalized spacial score (nSPS) is 14.0. The average Bonchev–Trinajstić information content (AvgIpc) is 2.84. The van der Waals surface area contributed by atoms with Crippen LogP contribution in [0.5, 0.6) is 0 Å². The van der Waals surface area contributed by atoms with Gasteiger partial charge in [0.05, 0.1) is 25.3 Å². The Bertz CT molecular complexity index is 781. The largest absolute Gasteiger partial charge is 0.417 e. The first-order valence-electron chi connectivity index (χ1n) is 8.02. The van der Waals surface area contributed by atoms with Gasteiger partial charge in [-0.05, 0) is 12.1 Å². The molecule has 2 amide bonds. The van der Waals surface area contributed by atoms with E-state index in [-0.39, 0.29) is 18.7 Å². The average molecular weight is 368 g/mol. The Kier molecular flexibility index (Phi) is 6.14. The molecular weight excluding hydrogens is 349 g/mol. The Labute approximate surface area is 148 Å². The number of ether oxygens (including phenoxy) is 1. The molecule has 9 heteroatoms. The number of alkyl halides is 3. The molecule has 0 radical (unpaired) electrons. The molecule has 0 bridgehead atoms. The third-order valence-corrected chi connectivity index (χ3v) is 3.58. The van der Waals surface area contributed by atoms with Gasteiger partial charge in [-0.2, -0.15) is 13.2 Å². The molecule has 0 saturated carbocycles. The monoisotopic (exact) mass is 368 g/mol. The van der Waals surface area contributed by atoms with Gasteiger partial charge in [0.1, 0.15) is 5.82 Å². The predicted molar refractivity (Wildman–Crippen MR) is 90.4 cm³/mol. The summed E-state index contributed by atoms with van der Waals surface area (Å²) in [5.41, 5.74) is 5.77. The molecular formula is C17H19F3N4O2. The summed E-state index contributed by atoms with van der Waals surface area (Å²) in [7, 11) is 0. The molecule has 2 N–H and O–H groups in total. The summed E-state index contributed by atoms with van der Waals surface area (Å²) < 4.78 is 43.8. The molecule has 3 heterocycles. The van der Waals surface area contributed by atoms with Crippen molar-refractivity contribution in [2.75, 3.05) is 18.1 Å². The predicted octanol–water partition coefficient (Wildman–Crippen LogP) is 3.60.